The third kappa shape index (κ3) is 2.82. The van der Waals surface area contributed by atoms with Crippen LogP contribution in [0.1, 0.15) is 28.7 Å². The maximum Gasteiger partial charge on any atom is 0.289 e. The molecule has 0 saturated heterocycles. The van der Waals surface area contributed by atoms with Gasteiger partial charge >= 0.3 is 0 Å². The molecule has 0 aliphatic carbocycles. The molecule has 3 heterocycles. The predicted octanol–water partition coefficient (Wildman–Crippen LogP) is 4.00. The zero-order chi connectivity index (χ0) is 18.3. The quantitative estimate of drug-likeness (QED) is 0.645. The summed E-state index contributed by atoms with van der Waals surface area (Å²) in [5, 5.41) is 4.66. The van der Waals surface area contributed by atoms with E-state index in [-0.39, 0.29) is 5.91 Å². The highest BCUT2D eigenvalue weighted by Gasteiger charge is 2.27. The monoisotopic (exact) mass is 415 g/mol. The zero-order valence-corrected chi connectivity index (χ0v) is 16.1. The van der Waals surface area contributed by atoms with Crippen LogP contribution in [0.3, 0.4) is 0 Å². The van der Waals surface area contributed by atoms with E-state index in [2.05, 4.69) is 21.0 Å². The minimum Gasteiger partial charge on any atom is -0.488 e. The van der Waals surface area contributed by atoms with E-state index >= 15 is 0 Å². The molecule has 6 nitrogen and oxygen atoms in total. The third-order valence-electron chi connectivity index (χ3n) is 4.54. The number of carbonyl (C=O) groups is 1. The first kappa shape index (κ1) is 16.9. The number of rotatable bonds is 4. The van der Waals surface area contributed by atoms with Gasteiger partial charge in [0.1, 0.15) is 12.4 Å². The Morgan fingerprint density at radius 2 is 2.12 bits per heavy atom. The Balaban J connectivity index is 1.66. The average Bonchev–Trinajstić information content (AvgIpc) is 3.22. The number of halogens is 1. The van der Waals surface area contributed by atoms with E-state index in [1.54, 1.807) is 17.0 Å². The average molecular weight is 416 g/mol. The van der Waals surface area contributed by atoms with Crippen LogP contribution in [-0.4, -0.2) is 27.1 Å². The van der Waals surface area contributed by atoms with Gasteiger partial charge in [0.05, 0.1) is 17.9 Å². The number of nitrogens with zero attached hydrogens (tertiary/aromatic N) is 3. The summed E-state index contributed by atoms with van der Waals surface area (Å²) in [5.41, 5.74) is 3.95. The van der Waals surface area contributed by atoms with Gasteiger partial charge in [0.25, 0.3) is 5.91 Å². The Bertz CT molecular complexity index is 976. The molecule has 0 unspecified atom stereocenters. The van der Waals surface area contributed by atoms with Gasteiger partial charge in [-0.15, -0.1) is 0 Å². The maximum absolute atomic E-state index is 12.7. The van der Waals surface area contributed by atoms with Crippen LogP contribution in [0.15, 0.2) is 45.5 Å². The summed E-state index contributed by atoms with van der Waals surface area (Å²) in [4.78, 5) is 14.4. The van der Waals surface area contributed by atoms with Gasteiger partial charge < -0.3 is 14.1 Å². The molecule has 3 aromatic rings. The summed E-state index contributed by atoms with van der Waals surface area (Å²) in [6.45, 7) is 3.35. The van der Waals surface area contributed by atoms with E-state index in [1.807, 2.05) is 42.9 Å². The van der Waals surface area contributed by atoms with Crippen LogP contribution in [0.4, 0.5) is 0 Å². The number of furan rings is 1. The Morgan fingerprint density at radius 3 is 2.85 bits per heavy atom. The minimum atomic E-state index is -0.158. The van der Waals surface area contributed by atoms with Crippen molar-refractivity contribution >= 4 is 21.8 Å². The second-order valence-electron chi connectivity index (χ2n) is 6.11. The number of hydrogen-bond donors (Lipinski definition) is 0. The Kier molecular flexibility index (Phi) is 4.32. The fourth-order valence-electron chi connectivity index (χ4n) is 3.27. The number of amides is 1. The molecule has 0 N–H and O–H groups in total. The predicted molar refractivity (Wildman–Crippen MR) is 99.8 cm³/mol. The number of fused-ring (bicyclic) bond motifs is 3. The second-order valence-corrected chi connectivity index (χ2v) is 6.89. The largest absolute Gasteiger partial charge is 0.488 e. The van der Waals surface area contributed by atoms with Crippen molar-refractivity contribution in [3.8, 4) is 17.0 Å². The first-order valence-electron chi connectivity index (χ1n) is 8.40. The van der Waals surface area contributed by atoms with Gasteiger partial charge in [-0.1, -0.05) is 12.1 Å². The summed E-state index contributed by atoms with van der Waals surface area (Å²) in [6, 6.07) is 11.3. The summed E-state index contributed by atoms with van der Waals surface area (Å²) < 4.78 is 13.7. The topological polar surface area (TPSA) is 60.5 Å². The van der Waals surface area contributed by atoms with Crippen molar-refractivity contribution < 1.29 is 13.9 Å². The molecule has 1 aromatic carbocycles. The molecule has 0 atom stereocenters. The van der Waals surface area contributed by atoms with Gasteiger partial charge in [-0.3, -0.25) is 9.48 Å². The lowest BCUT2D eigenvalue weighted by molar-refractivity contribution is 0.0716. The fraction of sp³-hybridized carbons (Fsp3) is 0.263. The third-order valence-corrected chi connectivity index (χ3v) is 4.96. The van der Waals surface area contributed by atoms with Crippen molar-refractivity contribution in [2.75, 3.05) is 6.54 Å². The molecular formula is C19H18BrN3O3. The molecule has 7 heteroatoms. The van der Waals surface area contributed by atoms with Crippen LogP contribution in [0.25, 0.3) is 11.3 Å². The number of ether oxygens (including phenoxy) is 1. The number of benzene rings is 1. The number of aromatic nitrogens is 2. The molecule has 134 valence electrons. The lowest BCUT2D eigenvalue weighted by Crippen LogP contribution is -2.30. The van der Waals surface area contributed by atoms with Crippen molar-refractivity contribution in [1.29, 1.82) is 0 Å². The van der Waals surface area contributed by atoms with Gasteiger partial charge in [-0.2, -0.15) is 5.10 Å². The minimum absolute atomic E-state index is 0.158. The maximum atomic E-state index is 12.7. The normalized spacial score (nSPS) is 12.3. The molecule has 26 heavy (non-hydrogen) atoms. The molecule has 0 saturated carbocycles. The van der Waals surface area contributed by atoms with Gasteiger partial charge in [-0.25, -0.2) is 0 Å². The smallest absolute Gasteiger partial charge is 0.289 e. The van der Waals surface area contributed by atoms with Crippen LogP contribution in [0.2, 0.25) is 0 Å². The highest BCUT2D eigenvalue weighted by molar-refractivity contribution is 9.10. The Hall–Kier alpha value is -2.54. The standard InChI is InChI=1S/C19H18BrN3O3/c1-3-23(19(24)16-8-9-17(20)26-16)10-14-13-11-25-15-7-5-4-6-12(15)18(13)22(2)21-14/h4-9H,3,10-11H2,1-2H3. The molecule has 1 aliphatic rings. The first-order valence-corrected chi connectivity index (χ1v) is 9.19. The van der Waals surface area contributed by atoms with Gasteiger partial charge in [0, 0.05) is 24.7 Å². The number of carbonyl (C=O) groups excluding carboxylic acids is 1. The molecule has 0 spiro atoms. The molecule has 1 amide bonds. The van der Waals surface area contributed by atoms with Crippen molar-refractivity contribution in [2.45, 2.75) is 20.1 Å². The highest BCUT2D eigenvalue weighted by atomic mass is 79.9. The van der Waals surface area contributed by atoms with Crippen LogP contribution in [-0.2, 0) is 20.2 Å². The number of aryl methyl sites for hydroxylation is 1. The summed E-state index contributed by atoms with van der Waals surface area (Å²) in [7, 11) is 1.92. The summed E-state index contributed by atoms with van der Waals surface area (Å²) >= 11 is 3.24. The van der Waals surface area contributed by atoms with Gasteiger partial charge in [-0.05, 0) is 47.1 Å². The fourth-order valence-corrected chi connectivity index (χ4v) is 3.58. The molecule has 0 fully saturated rings. The number of para-hydroxylation sites is 1. The highest BCUT2D eigenvalue weighted by Crippen LogP contribution is 2.38. The van der Waals surface area contributed by atoms with Gasteiger partial charge in [0.2, 0.25) is 0 Å². The van der Waals surface area contributed by atoms with E-state index in [1.165, 1.54) is 0 Å². The molecule has 0 radical (unpaired) electrons. The molecule has 2 aromatic heterocycles. The van der Waals surface area contributed by atoms with Crippen LogP contribution >= 0.6 is 15.9 Å². The van der Waals surface area contributed by atoms with E-state index in [9.17, 15) is 4.79 Å². The Morgan fingerprint density at radius 1 is 1.31 bits per heavy atom. The SMILES string of the molecule is CCN(Cc1nn(C)c2c1COc1ccccc1-2)C(=O)c1ccc(Br)o1. The molecule has 1 aliphatic heterocycles. The van der Waals surface area contributed by atoms with Crippen LogP contribution in [0, 0.1) is 0 Å². The van der Waals surface area contributed by atoms with E-state index in [0.717, 1.165) is 28.3 Å². The lowest BCUT2D eigenvalue weighted by atomic mass is 10.0. The Labute approximate surface area is 159 Å². The van der Waals surface area contributed by atoms with Crippen LogP contribution in [0.5, 0.6) is 5.75 Å². The molecule has 0 bridgehead atoms. The number of hydrogen-bond acceptors (Lipinski definition) is 4. The van der Waals surface area contributed by atoms with Gasteiger partial charge in [0.15, 0.2) is 10.4 Å². The summed E-state index contributed by atoms with van der Waals surface area (Å²) in [5.74, 6) is 1.01. The van der Waals surface area contributed by atoms with Crippen molar-refractivity contribution in [1.82, 2.24) is 14.7 Å². The van der Waals surface area contributed by atoms with E-state index in [0.29, 0.717) is 30.1 Å². The van der Waals surface area contributed by atoms with Crippen molar-refractivity contribution in [2.24, 2.45) is 7.05 Å². The van der Waals surface area contributed by atoms with E-state index in [4.69, 9.17) is 9.15 Å². The summed E-state index contributed by atoms with van der Waals surface area (Å²) in [6.07, 6.45) is 0. The first-order chi connectivity index (χ1) is 12.6. The second kappa shape index (κ2) is 6.64. The van der Waals surface area contributed by atoms with Crippen molar-refractivity contribution in [3.63, 3.8) is 0 Å². The zero-order valence-electron chi connectivity index (χ0n) is 14.5. The molecule has 4 rings (SSSR count). The van der Waals surface area contributed by atoms with Crippen molar-refractivity contribution in [3.05, 3.63) is 58.1 Å². The molecular weight excluding hydrogens is 398 g/mol. The lowest BCUT2D eigenvalue weighted by Gasteiger charge is -2.21. The van der Waals surface area contributed by atoms with Crippen LogP contribution < -0.4 is 4.74 Å². The van der Waals surface area contributed by atoms with E-state index < -0.39 is 0 Å².